The largest absolute Gasteiger partial charge is 0.493 e. The molecule has 2 aromatic rings. The molecule has 1 aromatic heterocycles. The van der Waals surface area contributed by atoms with E-state index >= 15 is 0 Å². The number of tetrazole rings is 1. The number of aromatic nitrogens is 4. The normalized spacial score (nSPS) is 21.4. The molecular formula is C20H32N6O2. The van der Waals surface area contributed by atoms with Gasteiger partial charge in [0.25, 0.3) is 0 Å². The highest BCUT2D eigenvalue weighted by Gasteiger charge is 2.31. The van der Waals surface area contributed by atoms with E-state index in [1.165, 1.54) is 12.8 Å². The summed E-state index contributed by atoms with van der Waals surface area (Å²) in [6.45, 7) is 6.26. The Kier molecular flexibility index (Phi) is 6.20. The number of nitrogens with one attached hydrogen (secondary N) is 1. The van der Waals surface area contributed by atoms with Gasteiger partial charge in [-0.15, -0.1) is 5.10 Å². The fraction of sp³-hybridized carbons (Fsp3) is 0.650. The Balaban J connectivity index is 2.03. The summed E-state index contributed by atoms with van der Waals surface area (Å²) in [5.41, 5.74) is 7.18. The maximum atomic E-state index is 6.42. The van der Waals surface area contributed by atoms with Crippen molar-refractivity contribution in [1.82, 2.24) is 25.5 Å². The minimum atomic E-state index is -0.246. The molecule has 0 radical (unpaired) electrons. The summed E-state index contributed by atoms with van der Waals surface area (Å²) in [6.07, 6.45) is 4.43. The third kappa shape index (κ3) is 4.28. The van der Waals surface area contributed by atoms with Crippen molar-refractivity contribution in [3.63, 3.8) is 0 Å². The van der Waals surface area contributed by atoms with E-state index in [1.54, 1.807) is 14.2 Å². The van der Waals surface area contributed by atoms with Crippen LogP contribution >= 0.6 is 0 Å². The molecule has 1 aromatic carbocycles. The third-order valence-corrected chi connectivity index (χ3v) is 5.33. The molecule has 28 heavy (non-hydrogen) atoms. The number of methoxy groups -OCH3 is 2. The number of nitrogens with two attached hydrogens (primary N) is 1. The fourth-order valence-electron chi connectivity index (χ4n) is 3.78. The number of ether oxygens (including phenoxy) is 2. The van der Waals surface area contributed by atoms with Crippen LogP contribution in [0.2, 0.25) is 0 Å². The maximum Gasteiger partial charge on any atom is 0.173 e. The Hall–Kier alpha value is -2.19. The van der Waals surface area contributed by atoms with Crippen molar-refractivity contribution in [2.75, 3.05) is 14.2 Å². The van der Waals surface area contributed by atoms with Crippen LogP contribution in [0, 0.1) is 0 Å². The first-order valence-electron chi connectivity index (χ1n) is 9.87. The number of benzene rings is 1. The van der Waals surface area contributed by atoms with E-state index < -0.39 is 0 Å². The van der Waals surface area contributed by atoms with Gasteiger partial charge in [0.05, 0.1) is 25.8 Å². The predicted octanol–water partition coefficient (Wildman–Crippen LogP) is 2.39. The first-order valence-corrected chi connectivity index (χ1v) is 9.87. The van der Waals surface area contributed by atoms with Crippen LogP contribution in [0.4, 0.5) is 0 Å². The summed E-state index contributed by atoms with van der Waals surface area (Å²) in [5, 5.41) is 16.3. The number of hydrogen-bond donors (Lipinski definition) is 2. The zero-order valence-corrected chi connectivity index (χ0v) is 17.5. The SMILES string of the molecule is COc1ccc(C(NC2CCCCC2N)c2nnnn2C(C)(C)C)cc1OC. The lowest BCUT2D eigenvalue weighted by Gasteiger charge is -2.34. The Morgan fingerprint density at radius 2 is 1.86 bits per heavy atom. The van der Waals surface area contributed by atoms with Gasteiger partial charge in [-0.1, -0.05) is 18.9 Å². The van der Waals surface area contributed by atoms with Gasteiger partial charge in [0.1, 0.15) is 0 Å². The lowest BCUT2D eigenvalue weighted by molar-refractivity contribution is 0.287. The summed E-state index contributed by atoms with van der Waals surface area (Å²) >= 11 is 0. The number of rotatable bonds is 6. The lowest BCUT2D eigenvalue weighted by atomic mass is 9.89. The van der Waals surface area contributed by atoms with Crippen LogP contribution in [0.1, 0.15) is 63.9 Å². The van der Waals surface area contributed by atoms with E-state index in [2.05, 4.69) is 41.6 Å². The van der Waals surface area contributed by atoms with Gasteiger partial charge in [-0.2, -0.15) is 0 Å². The lowest BCUT2D eigenvalue weighted by Crippen LogP contribution is -2.49. The van der Waals surface area contributed by atoms with E-state index in [1.807, 2.05) is 22.9 Å². The van der Waals surface area contributed by atoms with Gasteiger partial charge in [0.15, 0.2) is 17.3 Å². The van der Waals surface area contributed by atoms with Crippen LogP contribution in [0.15, 0.2) is 18.2 Å². The molecule has 1 aliphatic rings. The Morgan fingerprint density at radius 3 is 2.50 bits per heavy atom. The standard InChI is InChI=1S/C20H32N6O2/c1-20(2,3)26-19(23-24-25-26)18(22-15-9-7-6-8-14(15)21)13-10-11-16(27-4)17(12-13)28-5/h10-12,14-15,18,22H,6-9,21H2,1-5H3. The molecule has 1 saturated carbocycles. The number of nitrogens with zero attached hydrogens (tertiary/aromatic N) is 4. The molecule has 1 aliphatic carbocycles. The molecule has 3 unspecified atom stereocenters. The Morgan fingerprint density at radius 1 is 1.14 bits per heavy atom. The average Bonchev–Trinajstić information content (AvgIpc) is 3.17. The Bertz CT molecular complexity index is 785. The molecule has 8 heteroatoms. The van der Waals surface area contributed by atoms with Crippen molar-refractivity contribution in [1.29, 1.82) is 0 Å². The maximum absolute atomic E-state index is 6.42. The summed E-state index contributed by atoms with van der Waals surface area (Å²) in [6, 6.07) is 6.03. The van der Waals surface area contributed by atoms with Gasteiger partial charge < -0.3 is 15.2 Å². The van der Waals surface area contributed by atoms with E-state index in [-0.39, 0.29) is 23.7 Å². The van der Waals surface area contributed by atoms with Crippen LogP contribution in [-0.4, -0.2) is 46.5 Å². The van der Waals surface area contributed by atoms with Crippen molar-refractivity contribution in [2.45, 2.75) is 70.1 Å². The second-order valence-electron chi connectivity index (χ2n) is 8.39. The van der Waals surface area contributed by atoms with Crippen LogP contribution in [-0.2, 0) is 5.54 Å². The van der Waals surface area contributed by atoms with Gasteiger partial charge in [-0.25, -0.2) is 4.68 Å². The number of hydrogen-bond acceptors (Lipinski definition) is 7. The minimum absolute atomic E-state index is 0.121. The quantitative estimate of drug-likeness (QED) is 0.784. The summed E-state index contributed by atoms with van der Waals surface area (Å²) in [7, 11) is 3.27. The molecular weight excluding hydrogens is 356 g/mol. The molecule has 8 nitrogen and oxygen atoms in total. The molecule has 0 aliphatic heterocycles. The van der Waals surface area contributed by atoms with E-state index in [4.69, 9.17) is 15.2 Å². The molecule has 0 bridgehead atoms. The van der Waals surface area contributed by atoms with Gasteiger partial charge in [0, 0.05) is 12.1 Å². The van der Waals surface area contributed by atoms with Gasteiger partial charge in [-0.05, 0) is 61.7 Å². The average molecular weight is 389 g/mol. The van der Waals surface area contributed by atoms with Crippen LogP contribution < -0.4 is 20.5 Å². The van der Waals surface area contributed by atoms with Crippen LogP contribution in [0.25, 0.3) is 0 Å². The molecule has 3 N–H and O–H groups in total. The molecule has 3 rings (SSSR count). The van der Waals surface area contributed by atoms with E-state index in [0.717, 1.165) is 24.2 Å². The van der Waals surface area contributed by atoms with E-state index in [9.17, 15) is 0 Å². The highest BCUT2D eigenvalue weighted by atomic mass is 16.5. The highest BCUT2D eigenvalue weighted by molar-refractivity contribution is 5.45. The summed E-state index contributed by atoms with van der Waals surface area (Å²) in [5.74, 6) is 2.13. The van der Waals surface area contributed by atoms with Gasteiger partial charge >= 0.3 is 0 Å². The summed E-state index contributed by atoms with van der Waals surface area (Å²) < 4.78 is 12.8. The molecule has 0 amide bonds. The second kappa shape index (κ2) is 8.45. The monoisotopic (exact) mass is 388 g/mol. The first-order chi connectivity index (χ1) is 13.3. The fourth-order valence-corrected chi connectivity index (χ4v) is 3.78. The minimum Gasteiger partial charge on any atom is -0.493 e. The third-order valence-electron chi connectivity index (χ3n) is 5.33. The van der Waals surface area contributed by atoms with Crippen molar-refractivity contribution >= 4 is 0 Å². The molecule has 3 atom stereocenters. The molecule has 0 saturated heterocycles. The van der Waals surface area contributed by atoms with E-state index in [0.29, 0.717) is 11.5 Å². The smallest absolute Gasteiger partial charge is 0.173 e. The summed E-state index contributed by atoms with van der Waals surface area (Å²) in [4.78, 5) is 0. The molecule has 0 spiro atoms. The van der Waals surface area contributed by atoms with Crippen LogP contribution in [0.3, 0.4) is 0 Å². The van der Waals surface area contributed by atoms with Gasteiger partial charge in [-0.3, -0.25) is 5.32 Å². The molecule has 154 valence electrons. The van der Waals surface area contributed by atoms with Crippen molar-refractivity contribution in [3.05, 3.63) is 29.6 Å². The second-order valence-corrected chi connectivity index (χ2v) is 8.39. The zero-order valence-electron chi connectivity index (χ0n) is 17.5. The van der Waals surface area contributed by atoms with Crippen LogP contribution in [0.5, 0.6) is 11.5 Å². The predicted molar refractivity (Wildman–Crippen MR) is 108 cm³/mol. The first kappa shape index (κ1) is 20.5. The van der Waals surface area contributed by atoms with Gasteiger partial charge in [0.2, 0.25) is 0 Å². The molecule has 1 heterocycles. The topological polar surface area (TPSA) is 100 Å². The van der Waals surface area contributed by atoms with Crippen molar-refractivity contribution in [3.8, 4) is 11.5 Å². The molecule has 1 fully saturated rings. The van der Waals surface area contributed by atoms with Crippen molar-refractivity contribution < 1.29 is 9.47 Å². The highest BCUT2D eigenvalue weighted by Crippen LogP contribution is 2.33. The zero-order chi connectivity index (χ0) is 20.3. The Labute approximate surface area is 166 Å². The van der Waals surface area contributed by atoms with Crippen molar-refractivity contribution in [2.24, 2.45) is 5.73 Å².